The van der Waals surface area contributed by atoms with Crippen LogP contribution in [0, 0.1) is 13.8 Å². The summed E-state index contributed by atoms with van der Waals surface area (Å²) in [6.45, 7) is 10.3. The number of benzene rings is 1. The first-order chi connectivity index (χ1) is 9.29. The van der Waals surface area contributed by atoms with Crippen LogP contribution in [0.3, 0.4) is 0 Å². The number of hydrogen-bond donors (Lipinski definition) is 2. The van der Waals surface area contributed by atoms with Crippen LogP contribution in [0.15, 0.2) is 24.3 Å². The number of H-pyrrole nitrogens is 1. The quantitative estimate of drug-likeness (QED) is 0.877. The molecule has 0 bridgehead atoms. The number of aromatic amines is 1. The Morgan fingerprint density at radius 1 is 1.15 bits per heavy atom. The summed E-state index contributed by atoms with van der Waals surface area (Å²) in [6.07, 6.45) is 0. The van der Waals surface area contributed by atoms with Crippen molar-refractivity contribution in [2.24, 2.45) is 0 Å². The van der Waals surface area contributed by atoms with Crippen molar-refractivity contribution in [3.8, 4) is 0 Å². The minimum Gasteiger partial charge on any atom is -0.305 e. The van der Waals surface area contributed by atoms with Gasteiger partial charge in [-0.3, -0.25) is 9.89 Å². The number of amides is 1. The van der Waals surface area contributed by atoms with E-state index in [9.17, 15) is 4.79 Å². The van der Waals surface area contributed by atoms with Gasteiger partial charge in [0.1, 0.15) is 0 Å². The Kier molecular flexibility index (Phi) is 3.66. The van der Waals surface area contributed by atoms with Crippen LogP contribution in [0.5, 0.6) is 0 Å². The van der Waals surface area contributed by atoms with E-state index in [1.165, 1.54) is 5.56 Å². The van der Waals surface area contributed by atoms with Crippen LogP contribution in [0.25, 0.3) is 0 Å². The monoisotopic (exact) mass is 271 g/mol. The van der Waals surface area contributed by atoms with Gasteiger partial charge in [-0.15, -0.1) is 0 Å². The van der Waals surface area contributed by atoms with E-state index in [4.69, 9.17) is 0 Å². The van der Waals surface area contributed by atoms with Gasteiger partial charge in [0.15, 0.2) is 5.82 Å². The third-order valence-electron chi connectivity index (χ3n) is 3.50. The van der Waals surface area contributed by atoms with Gasteiger partial charge in [0, 0.05) is 16.8 Å². The van der Waals surface area contributed by atoms with E-state index >= 15 is 0 Å². The van der Waals surface area contributed by atoms with Crippen molar-refractivity contribution < 1.29 is 4.79 Å². The fraction of sp³-hybridized carbons (Fsp3) is 0.375. The maximum Gasteiger partial charge on any atom is 0.256 e. The molecule has 20 heavy (non-hydrogen) atoms. The number of rotatable bonds is 2. The number of carbonyl (C=O) groups excluding carboxylic acids is 1. The average molecular weight is 271 g/mol. The summed E-state index contributed by atoms with van der Waals surface area (Å²) in [5.74, 6) is 0.451. The van der Waals surface area contributed by atoms with Crippen molar-refractivity contribution in [1.29, 1.82) is 0 Å². The molecule has 0 atom stereocenters. The maximum atomic E-state index is 12.2. The third-order valence-corrected chi connectivity index (χ3v) is 3.50. The van der Waals surface area contributed by atoms with Crippen molar-refractivity contribution >= 4 is 11.7 Å². The fourth-order valence-corrected chi connectivity index (χ4v) is 1.91. The number of carbonyl (C=O) groups is 1. The number of nitrogens with one attached hydrogen (secondary N) is 2. The predicted octanol–water partition coefficient (Wildman–Crippen LogP) is 3.58. The predicted molar refractivity (Wildman–Crippen MR) is 81.2 cm³/mol. The first kappa shape index (κ1) is 14.3. The van der Waals surface area contributed by atoms with E-state index in [2.05, 4.69) is 36.3 Å². The number of hydrogen-bond acceptors (Lipinski definition) is 2. The van der Waals surface area contributed by atoms with Gasteiger partial charge in [-0.25, -0.2) is 0 Å². The summed E-state index contributed by atoms with van der Waals surface area (Å²) in [7, 11) is 0. The Morgan fingerprint density at radius 3 is 2.20 bits per heavy atom. The van der Waals surface area contributed by atoms with E-state index in [1.807, 2.05) is 38.1 Å². The lowest BCUT2D eigenvalue weighted by Crippen LogP contribution is -2.15. The summed E-state index contributed by atoms with van der Waals surface area (Å²) in [6, 6.07) is 7.70. The summed E-state index contributed by atoms with van der Waals surface area (Å²) in [4.78, 5) is 12.2. The van der Waals surface area contributed by atoms with Crippen molar-refractivity contribution in [2.75, 3.05) is 5.32 Å². The number of aromatic nitrogens is 2. The van der Waals surface area contributed by atoms with Crippen LogP contribution in [0.2, 0.25) is 0 Å². The second-order valence-corrected chi connectivity index (χ2v) is 6.10. The number of anilines is 1. The van der Waals surface area contributed by atoms with Gasteiger partial charge in [-0.2, -0.15) is 5.10 Å². The molecular formula is C16H21N3O. The molecule has 4 nitrogen and oxygen atoms in total. The lowest BCUT2D eigenvalue weighted by molar-refractivity contribution is 0.102. The van der Waals surface area contributed by atoms with Gasteiger partial charge in [-0.1, -0.05) is 32.9 Å². The molecule has 1 aromatic heterocycles. The normalized spacial score (nSPS) is 11.4. The van der Waals surface area contributed by atoms with Crippen molar-refractivity contribution in [2.45, 2.75) is 40.0 Å². The van der Waals surface area contributed by atoms with E-state index in [0.717, 1.165) is 11.3 Å². The molecule has 0 radical (unpaired) electrons. The van der Waals surface area contributed by atoms with Crippen molar-refractivity contribution in [3.63, 3.8) is 0 Å². The number of aryl methyl sites for hydroxylation is 1. The largest absolute Gasteiger partial charge is 0.305 e. The Labute approximate surface area is 119 Å². The van der Waals surface area contributed by atoms with Crippen molar-refractivity contribution in [3.05, 3.63) is 46.6 Å². The van der Waals surface area contributed by atoms with Crippen LogP contribution >= 0.6 is 0 Å². The zero-order chi connectivity index (χ0) is 14.9. The molecule has 106 valence electrons. The molecule has 0 saturated carbocycles. The Hall–Kier alpha value is -2.10. The molecule has 2 N–H and O–H groups in total. The Bertz CT molecular complexity index is 618. The average Bonchev–Trinajstić information content (AvgIpc) is 2.70. The van der Waals surface area contributed by atoms with Crippen LogP contribution < -0.4 is 5.32 Å². The van der Waals surface area contributed by atoms with Crippen LogP contribution in [-0.4, -0.2) is 16.1 Å². The van der Waals surface area contributed by atoms with Gasteiger partial charge >= 0.3 is 0 Å². The smallest absolute Gasteiger partial charge is 0.256 e. The Balaban J connectivity index is 2.16. The molecule has 1 amide bonds. The molecule has 0 unspecified atom stereocenters. The van der Waals surface area contributed by atoms with Crippen LogP contribution in [-0.2, 0) is 5.41 Å². The summed E-state index contributed by atoms with van der Waals surface area (Å²) >= 11 is 0. The molecule has 1 aromatic carbocycles. The minimum absolute atomic E-state index is 0.0882. The highest BCUT2D eigenvalue weighted by Crippen LogP contribution is 2.22. The molecule has 2 aromatic rings. The summed E-state index contributed by atoms with van der Waals surface area (Å²) in [5, 5.41) is 9.76. The van der Waals surface area contributed by atoms with E-state index in [-0.39, 0.29) is 11.3 Å². The van der Waals surface area contributed by atoms with Crippen molar-refractivity contribution in [1.82, 2.24) is 10.2 Å². The molecule has 0 aliphatic carbocycles. The van der Waals surface area contributed by atoms with Gasteiger partial charge in [-0.05, 0) is 37.0 Å². The Morgan fingerprint density at radius 2 is 1.75 bits per heavy atom. The maximum absolute atomic E-state index is 12.2. The molecule has 0 aliphatic rings. The minimum atomic E-state index is -0.139. The second kappa shape index (κ2) is 5.12. The standard InChI is InChI=1S/C16H21N3O/c1-10-11(2)18-19-14(10)17-15(20)12-6-8-13(9-7-12)16(3,4)5/h6-9H,1-5H3,(H2,17,18,19,20). The second-order valence-electron chi connectivity index (χ2n) is 6.10. The molecule has 0 saturated heterocycles. The van der Waals surface area contributed by atoms with Crippen LogP contribution in [0.1, 0.15) is 48.0 Å². The van der Waals surface area contributed by atoms with Gasteiger partial charge < -0.3 is 5.32 Å². The molecule has 4 heteroatoms. The molecule has 2 rings (SSSR count). The van der Waals surface area contributed by atoms with Gasteiger partial charge in [0.25, 0.3) is 5.91 Å². The summed E-state index contributed by atoms with van der Waals surface area (Å²) < 4.78 is 0. The van der Waals surface area contributed by atoms with Gasteiger partial charge in [0.05, 0.1) is 0 Å². The molecular weight excluding hydrogens is 250 g/mol. The van der Waals surface area contributed by atoms with E-state index in [1.54, 1.807) is 0 Å². The lowest BCUT2D eigenvalue weighted by atomic mass is 9.87. The highest BCUT2D eigenvalue weighted by atomic mass is 16.1. The zero-order valence-corrected chi connectivity index (χ0v) is 12.7. The molecule has 0 spiro atoms. The SMILES string of the molecule is Cc1[nH]nc(NC(=O)c2ccc(C(C)(C)C)cc2)c1C. The third kappa shape index (κ3) is 2.90. The molecule has 1 heterocycles. The highest BCUT2D eigenvalue weighted by Gasteiger charge is 2.15. The van der Waals surface area contributed by atoms with Gasteiger partial charge in [0.2, 0.25) is 0 Å². The zero-order valence-electron chi connectivity index (χ0n) is 12.7. The molecule has 0 aliphatic heterocycles. The summed E-state index contributed by atoms with van der Waals surface area (Å²) in [5.41, 5.74) is 3.86. The van der Waals surface area contributed by atoms with Crippen LogP contribution in [0.4, 0.5) is 5.82 Å². The van der Waals surface area contributed by atoms with E-state index in [0.29, 0.717) is 11.4 Å². The lowest BCUT2D eigenvalue weighted by Gasteiger charge is -2.19. The highest BCUT2D eigenvalue weighted by molar-refractivity contribution is 6.04. The topological polar surface area (TPSA) is 57.8 Å². The number of nitrogens with zero attached hydrogens (tertiary/aromatic N) is 1. The van der Waals surface area contributed by atoms with E-state index < -0.39 is 0 Å². The fourth-order valence-electron chi connectivity index (χ4n) is 1.91. The first-order valence-electron chi connectivity index (χ1n) is 6.72. The molecule has 0 fully saturated rings. The first-order valence-corrected chi connectivity index (χ1v) is 6.72.